The Morgan fingerprint density at radius 3 is 2.61 bits per heavy atom. The first kappa shape index (κ1) is 15.1. The summed E-state index contributed by atoms with van der Waals surface area (Å²) in [6.45, 7) is 1.18. The third-order valence-corrected chi connectivity index (χ3v) is 4.06. The van der Waals surface area contributed by atoms with Crippen LogP contribution in [0.15, 0.2) is 0 Å². The standard InChI is InChI=1S/C10H18NO6P/c1-18(16,17)3-2-8(10(14)15)11-5-7(6-12)4-9(11)13/h7-8,12H,2-6H2,1H3,(H,14,15)(H,16,17). The second kappa shape index (κ2) is 5.82. The van der Waals surface area contributed by atoms with E-state index in [0.717, 1.165) is 6.66 Å². The van der Waals surface area contributed by atoms with Crippen LogP contribution in [0.4, 0.5) is 0 Å². The van der Waals surface area contributed by atoms with Crippen LogP contribution < -0.4 is 0 Å². The molecule has 0 saturated carbocycles. The van der Waals surface area contributed by atoms with E-state index in [0.29, 0.717) is 0 Å². The topological polar surface area (TPSA) is 115 Å². The van der Waals surface area contributed by atoms with E-state index in [9.17, 15) is 19.0 Å². The van der Waals surface area contributed by atoms with Crippen LogP contribution in [0.3, 0.4) is 0 Å². The van der Waals surface area contributed by atoms with Crippen LogP contribution >= 0.6 is 7.37 Å². The minimum Gasteiger partial charge on any atom is -0.480 e. The first-order chi connectivity index (χ1) is 8.24. The molecule has 1 saturated heterocycles. The molecule has 0 spiro atoms. The van der Waals surface area contributed by atoms with E-state index >= 15 is 0 Å². The summed E-state index contributed by atoms with van der Waals surface area (Å²) in [6.07, 6.45) is -0.0652. The number of rotatable bonds is 6. The Labute approximate surface area is 105 Å². The lowest BCUT2D eigenvalue weighted by Crippen LogP contribution is -2.42. The summed E-state index contributed by atoms with van der Waals surface area (Å²) in [6, 6.07) is -1.09. The van der Waals surface area contributed by atoms with E-state index in [4.69, 9.17) is 10.2 Å². The Kier molecular flexibility index (Phi) is 4.90. The zero-order valence-electron chi connectivity index (χ0n) is 10.2. The van der Waals surface area contributed by atoms with Crippen LogP contribution in [-0.2, 0) is 14.2 Å². The van der Waals surface area contributed by atoms with Crippen molar-refractivity contribution in [3.05, 3.63) is 0 Å². The molecule has 3 atom stereocenters. The zero-order valence-corrected chi connectivity index (χ0v) is 11.0. The van der Waals surface area contributed by atoms with Gasteiger partial charge in [-0.15, -0.1) is 0 Å². The maximum atomic E-state index is 11.6. The minimum atomic E-state index is -3.29. The molecule has 104 valence electrons. The van der Waals surface area contributed by atoms with Gasteiger partial charge in [-0.2, -0.15) is 0 Å². The van der Waals surface area contributed by atoms with Crippen LogP contribution in [0.25, 0.3) is 0 Å². The van der Waals surface area contributed by atoms with Gasteiger partial charge in [-0.05, 0) is 6.42 Å². The van der Waals surface area contributed by atoms with E-state index in [1.807, 2.05) is 0 Å². The Bertz CT molecular complexity index is 379. The number of hydrogen-bond donors (Lipinski definition) is 3. The molecule has 0 aliphatic carbocycles. The molecule has 1 aliphatic rings. The van der Waals surface area contributed by atoms with Crippen molar-refractivity contribution in [2.75, 3.05) is 26.0 Å². The molecule has 1 fully saturated rings. The fraction of sp³-hybridized carbons (Fsp3) is 0.800. The Morgan fingerprint density at radius 2 is 2.22 bits per heavy atom. The van der Waals surface area contributed by atoms with Crippen LogP contribution in [0.1, 0.15) is 12.8 Å². The number of likely N-dealkylation sites (tertiary alicyclic amines) is 1. The monoisotopic (exact) mass is 279 g/mol. The van der Waals surface area contributed by atoms with Crippen molar-refractivity contribution >= 4 is 19.2 Å². The van der Waals surface area contributed by atoms with Gasteiger partial charge < -0.3 is 20.0 Å². The van der Waals surface area contributed by atoms with Gasteiger partial charge in [0.05, 0.1) is 0 Å². The number of hydrogen-bond acceptors (Lipinski definition) is 4. The Hall–Kier alpha value is -0.910. The number of nitrogens with zero attached hydrogens (tertiary/aromatic N) is 1. The number of aliphatic carboxylic acids is 1. The Morgan fingerprint density at radius 1 is 1.61 bits per heavy atom. The van der Waals surface area contributed by atoms with Crippen LogP contribution in [0.5, 0.6) is 0 Å². The van der Waals surface area contributed by atoms with Gasteiger partial charge in [-0.1, -0.05) is 0 Å². The van der Waals surface area contributed by atoms with Crippen molar-refractivity contribution in [3.8, 4) is 0 Å². The zero-order chi connectivity index (χ0) is 13.9. The highest BCUT2D eigenvalue weighted by molar-refractivity contribution is 7.57. The highest BCUT2D eigenvalue weighted by Gasteiger charge is 2.37. The second-order valence-corrected chi connectivity index (χ2v) is 7.27. The predicted molar refractivity (Wildman–Crippen MR) is 63.6 cm³/mol. The molecule has 7 nitrogen and oxygen atoms in total. The molecule has 0 radical (unpaired) electrons. The van der Waals surface area contributed by atoms with E-state index < -0.39 is 19.4 Å². The lowest BCUT2D eigenvalue weighted by molar-refractivity contribution is -0.148. The van der Waals surface area contributed by atoms with Gasteiger partial charge in [-0.3, -0.25) is 9.36 Å². The van der Waals surface area contributed by atoms with Gasteiger partial charge in [0.1, 0.15) is 6.04 Å². The SMILES string of the molecule is CP(=O)(O)CCC(C(=O)O)N1CC(CO)CC1=O. The summed E-state index contributed by atoms with van der Waals surface area (Å²) in [5.74, 6) is -1.76. The summed E-state index contributed by atoms with van der Waals surface area (Å²) >= 11 is 0. The molecule has 0 aromatic carbocycles. The minimum absolute atomic E-state index is 0.0521. The van der Waals surface area contributed by atoms with Crippen LogP contribution in [-0.4, -0.2) is 63.9 Å². The summed E-state index contributed by atoms with van der Waals surface area (Å²) in [7, 11) is -3.29. The van der Waals surface area contributed by atoms with Gasteiger partial charge in [-0.25, -0.2) is 4.79 Å². The molecule has 1 heterocycles. The van der Waals surface area contributed by atoms with E-state index in [1.165, 1.54) is 4.90 Å². The smallest absolute Gasteiger partial charge is 0.326 e. The average Bonchev–Trinajstić information content (AvgIpc) is 2.58. The van der Waals surface area contributed by atoms with Crippen molar-refractivity contribution in [1.82, 2.24) is 4.90 Å². The molecule has 1 rings (SSSR count). The molecule has 1 aliphatic heterocycles. The van der Waals surface area contributed by atoms with Gasteiger partial charge in [0, 0.05) is 38.3 Å². The van der Waals surface area contributed by atoms with Gasteiger partial charge in [0.2, 0.25) is 5.91 Å². The van der Waals surface area contributed by atoms with Crippen LogP contribution in [0, 0.1) is 5.92 Å². The first-order valence-corrected chi connectivity index (χ1v) is 7.96. The predicted octanol–water partition coefficient (Wildman–Crippen LogP) is -0.429. The molecule has 3 unspecified atom stereocenters. The number of carbonyl (C=O) groups excluding carboxylic acids is 1. The molecule has 18 heavy (non-hydrogen) atoms. The average molecular weight is 279 g/mol. The maximum absolute atomic E-state index is 11.6. The number of aliphatic hydroxyl groups is 1. The first-order valence-electron chi connectivity index (χ1n) is 5.67. The number of carboxylic acids is 1. The lowest BCUT2D eigenvalue weighted by Gasteiger charge is -2.25. The normalized spacial score (nSPS) is 24.9. The molecule has 0 aromatic rings. The fourth-order valence-corrected chi connectivity index (χ4v) is 2.73. The molecule has 0 bridgehead atoms. The van der Waals surface area contributed by atoms with E-state index in [-0.39, 0.29) is 44.0 Å². The van der Waals surface area contributed by atoms with Gasteiger partial charge >= 0.3 is 5.97 Å². The maximum Gasteiger partial charge on any atom is 0.326 e. The Balaban J connectivity index is 2.71. The van der Waals surface area contributed by atoms with Crippen molar-refractivity contribution in [2.24, 2.45) is 5.92 Å². The molecule has 3 N–H and O–H groups in total. The van der Waals surface area contributed by atoms with E-state index in [2.05, 4.69) is 0 Å². The number of aliphatic hydroxyl groups excluding tert-OH is 1. The molecule has 8 heteroatoms. The van der Waals surface area contributed by atoms with Gasteiger partial charge in [0.15, 0.2) is 7.37 Å². The highest BCUT2D eigenvalue weighted by Crippen LogP contribution is 2.37. The third-order valence-electron chi connectivity index (χ3n) is 2.98. The quantitative estimate of drug-likeness (QED) is 0.568. The molecular weight excluding hydrogens is 261 g/mol. The number of amides is 1. The largest absolute Gasteiger partial charge is 0.480 e. The van der Waals surface area contributed by atoms with E-state index in [1.54, 1.807) is 0 Å². The van der Waals surface area contributed by atoms with Crippen molar-refractivity contribution in [1.29, 1.82) is 0 Å². The lowest BCUT2D eigenvalue weighted by atomic mass is 10.1. The molecule has 1 amide bonds. The summed E-state index contributed by atoms with van der Waals surface area (Å²) in [5.41, 5.74) is 0. The van der Waals surface area contributed by atoms with Crippen molar-refractivity contribution in [2.45, 2.75) is 18.9 Å². The third kappa shape index (κ3) is 4.08. The van der Waals surface area contributed by atoms with Crippen LogP contribution in [0.2, 0.25) is 0 Å². The van der Waals surface area contributed by atoms with Crippen molar-refractivity contribution in [3.63, 3.8) is 0 Å². The highest BCUT2D eigenvalue weighted by atomic mass is 31.2. The summed E-state index contributed by atoms with van der Waals surface area (Å²) in [4.78, 5) is 33.1. The number of carbonyl (C=O) groups is 2. The molecule has 0 aromatic heterocycles. The summed E-state index contributed by atoms with van der Waals surface area (Å²) < 4.78 is 11.2. The summed E-state index contributed by atoms with van der Waals surface area (Å²) in [5, 5.41) is 18.0. The van der Waals surface area contributed by atoms with Gasteiger partial charge in [0.25, 0.3) is 0 Å². The second-order valence-electron chi connectivity index (χ2n) is 4.72. The number of carboxylic acid groups (broad SMARTS) is 1. The van der Waals surface area contributed by atoms with Crippen molar-refractivity contribution < 1.29 is 29.3 Å². The molecular formula is C10H18NO6P. The fourth-order valence-electron chi connectivity index (χ4n) is 2.01.